The van der Waals surface area contributed by atoms with Gasteiger partial charge in [0.25, 0.3) is 0 Å². The van der Waals surface area contributed by atoms with Crippen LogP contribution in [0.3, 0.4) is 0 Å². The number of carbonyl (C=O) groups is 1. The van der Waals surface area contributed by atoms with E-state index in [1.165, 1.54) is 0 Å². The Balaban J connectivity index is 2.68. The molecular weight excluding hydrogens is 178 g/mol. The summed E-state index contributed by atoms with van der Waals surface area (Å²) in [6.45, 7) is 6.38. The van der Waals surface area contributed by atoms with Crippen molar-refractivity contribution in [3.8, 4) is 0 Å². The van der Waals surface area contributed by atoms with Crippen LogP contribution in [0.2, 0.25) is 0 Å². The Labute approximate surface area is 86.0 Å². The molecule has 4 nitrogen and oxygen atoms in total. The van der Waals surface area contributed by atoms with Gasteiger partial charge in [0.2, 0.25) is 5.91 Å². The molecular formula is C10H21N3O. The zero-order chi connectivity index (χ0) is 10.7. The molecule has 0 aliphatic carbocycles. The molecule has 0 spiro atoms. The molecule has 1 aliphatic heterocycles. The largest absolute Gasteiger partial charge is 0.337 e. The lowest BCUT2D eigenvalue weighted by molar-refractivity contribution is -0.142. The molecule has 1 aliphatic rings. The lowest BCUT2D eigenvalue weighted by Gasteiger charge is -2.40. The zero-order valence-electron chi connectivity index (χ0n) is 9.36. The van der Waals surface area contributed by atoms with Gasteiger partial charge in [0.1, 0.15) is 6.04 Å². The molecule has 4 heteroatoms. The number of rotatable bonds is 3. The van der Waals surface area contributed by atoms with E-state index < -0.39 is 0 Å². The monoisotopic (exact) mass is 199 g/mol. The van der Waals surface area contributed by atoms with Crippen LogP contribution in [-0.2, 0) is 4.79 Å². The number of hydrogen-bond donors (Lipinski definition) is 1. The third-order valence-electron chi connectivity index (χ3n) is 3.14. The molecule has 0 aromatic heterocycles. The first kappa shape index (κ1) is 11.5. The molecule has 1 rings (SSSR count). The van der Waals surface area contributed by atoms with Crippen molar-refractivity contribution in [2.75, 3.05) is 26.7 Å². The van der Waals surface area contributed by atoms with Gasteiger partial charge in [-0.25, -0.2) is 0 Å². The van der Waals surface area contributed by atoms with Crippen molar-refractivity contribution < 1.29 is 4.79 Å². The fourth-order valence-electron chi connectivity index (χ4n) is 1.85. The van der Waals surface area contributed by atoms with Crippen LogP contribution in [0.4, 0.5) is 0 Å². The van der Waals surface area contributed by atoms with E-state index in [2.05, 4.69) is 13.8 Å². The second kappa shape index (κ2) is 4.75. The van der Waals surface area contributed by atoms with Crippen molar-refractivity contribution in [3.05, 3.63) is 0 Å². The highest BCUT2D eigenvalue weighted by atomic mass is 16.2. The van der Waals surface area contributed by atoms with Gasteiger partial charge in [0, 0.05) is 25.7 Å². The van der Waals surface area contributed by atoms with Crippen molar-refractivity contribution in [2.45, 2.75) is 32.4 Å². The lowest BCUT2D eigenvalue weighted by atomic mass is 10.1. The maximum Gasteiger partial charge on any atom is 0.241 e. The van der Waals surface area contributed by atoms with Gasteiger partial charge in [-0.3, -0.25) is 9.69 Å². The van der Waals surface area contributed by atoms with Gasteiger partial charge in [0.05, 0.1) is 0 Å². The fourth-order valence-corrected chi connectivity index (χ4v) is 1.85. The van der Waals surface area contributed by atoms with Crippen LogP contribution < -0.4 is 5.73 Å². The summed E-state index contributed by atoms with van der Waals surface area (Å²) in [5, 5.41) is 0. The molecule has 0 radical (unpaired) electrons. The molecule has 82 valence electrons. The van der Waals surface area contributed by atoms with Gasteiger partial charge in [-0.05, 0) is 20.4 Å². The maximum atomic E-state index is 12.0. The highest BCUT2D eigenvalue weighted by molar-refractivity contribution is 5.83. The van der Waals surface area contributed by atoms with E-state index in [4.69, 9.17) is 5.73 Å². The fraction of sp³-hybridized carbons (Fsp3) is 0.900. The van der Waals surface area contributed by atoms with E-state index in [0.29, 0.717) is 12.6 Å². The molecule has 14 heavy (non-hydrogen) atoms. The Morgan fingerprint density at radius 1 is 1.57 bits per heavy atom. The maximum absolute atomic E-state index is 12.0. The molecule has 2 unspecified atom stereocenters. The number of nitrogens with zero attached hydrogens (tertiary/aromatic N) is 2. The van der Waals surface area contributed by atoms with Crippen LogP contribution in [0.1, 0.15) is 20.3 Å². The number of piperazine rings is 1. The van der Waals surface area contributed by atoms with E-state index in [9.17, 15) is 4.79 Å². The molecule has 0 aromatic rings. The summed E-state index contributed by atoms with van der Waals surface area (Å²) in [5.41, 5.74) is 5.60. The third-order valence-corrected chi connectivity index (χ3v) is 3.14. The Morgan fingerprint density at radius 2 is 2.21 bits per heavy atom. The summed E-state index contributed by atoms with van der Waals surface area (Å²) in [7, 11) is 1.96. The normalized spacial score (nSPS) is 26.7. The molecule has 2 atom stereocenters. The van der Waals surface area contributed by atoms with E-state index >= 15 is 0 Å². The number of likely N-dealkylation sites (N-methyl/N-ethyl adjacent to an activating group) is 1. The van der Waals surface area contributed by atoms with E-state index in [1.807, 2.05) is 16.8 Å². The van der Waals surface area contributed by atoms with Crippen LogP contribution in [-0.4, -0.2) is 54.5 Å². The first-order valence-electron chi connectivity index (χ1n) is 5.32. The number of carbonyl (C=O) groups excluding carboxylic acids is 1. The van der Waals surface area contributed by atoms with Crippen LogP contribution in [0.25, 0.3) is 0 Å². The number of nitrogens with two attached hydrogens (primary N) is 1. The summed E-state index contributed by atoms with van der Waals surface area (Å²) in [5.74, 6) is 0.190. The van der Waals surface area contributed by atoms with Gasteiger partial charge < -0.3 is 10.6 Å². The summed E-state index contributed by atoms with van der Waals surface area (Å²) >= 11 is 0. The SMILES string of the molecule is CCC(C)N1CCN(C)C(CN)C1=O. The van der Waals surface area contributed by atoms with Gasteiger partial charge >= 0.3 is 0 Å². The number of hydrogen-bond acceptors (Lipinski definition) is 3. The Morgan fingerprint density at radius 3 is 2.71 bits per heavy atom. The molecule has 1 fully saturated rings. The highest BCUT2D eigenvalue weighted by Gasteiger charge is 2.33. The highest BCUT2D eigenvalue weighted by Crippen LogP contribution is 2.13. The van der Waals surface area contributed by atoms with Crippen molar-refractivity contribution >= 4 is 5.91 Å². The molecule has 1 heterocycles. The molecule has 0 bridgehead atoms. The van der Waals surface area contributed by atoms with Crippen molar-refractivity contribution in [3.63, 3.8) is 0 Å². The van der Waals surface area contributed by atoms with E-state index in [0.717, 1.165) is 19.5 Å². The molecule has 2 N–H and O–H groups in total. The zero-order valence-corrected chi connectivity index (χ0v) is 9.36. The Bertz CT molecular complexity index is 208. The standard InChI is InChI=1S/C10H21N3O/c1-4-8(2)13-6-5-12(3)9(7-11)10(13)14/h8-9H,4-7,11H2,1-3H3. The van der Waals surface area contributed by atoms with Gasteiger partial charge in [-0.1, -0.05) is 6.92 Å². The van der Waals surface area contributed by atoms with Crippen molar-refractivity contribution in [1.29, 1.82) is 0 Å². The molecule has 0 saturated carbocycles. The minimum Gasteiger partial charge on any atom is -0.337 e. The first-order chi connectivity index (χ1) is 6.61. The quantitative estimate of drug-likeness (QED) is 0.690. The predicted octanol–water partition coefficient (Wildman–Crippen LogP) is -0.114. The van der Waals surface area contributed by atoms with E-state index in [1.54, 1.807) is 0 Å². The molecule has 1 saturated heterocycles. The van der Waals surface area contributed by atoms with E-state index in [-0.39, 0.29) is 11.9 Å². The lowest BCUT2D eigenvalue weighted by Crippen LogP contribution is -2.60. The Kier molecular flexibility index (Phi) is 3.89. The smallest absolute Gasteiger partial charge is 0.241 e. The average molecular weight is 199 g/mol. The second-order valence-electron chi connectivity index (χ2n) is 4.02. The van der Waals surface area contributed by atoms with Crippen molar-refractivity contribution in [1.82, 2.24) is 9.80 Å². The molecule has 1 amide bonds. The summed E-state index contributed by atoms with van der Waals surface area (Å²) < 4.78 is 0. The van der Waals surface area contributed by atoms with Crippen LogP contribution in [0.15, 0.2) is 0 Å². The minimum atomic E-state index is -0.113. The molecule has 0 aromatic carbocycles. The van der Waals surface area contributed by atoms with Crippen LogP contribution in [0.5, 0.6) is 0 Å². The van der Waals surface area contributed by atoms with Crippen molar-refractivity contribution in [2.24, 2.45) is 5.73 Å². The average Bonchev–Trinajstić information content (AvgIpc) is 2.18. The van der Waals surface area contributed by atoms with Crippen LogP contribution >= 0.6 is 0 Å². The third kappa shape index (κ3) is 2.07. The summed E-state index contributed by atoms with van der Waals surface area (Å²) in [6, 6.07) is 0.225. The summed E-state index contributed by atoms with van der Waals surface area (Å²) in [4.78, 5) is 16.0. The first-order valence-corrected chi connectivity index (χ1v) is 5.32. The minimum absolute atomic E-state index is 0.113. The number of amides is 1. The predicted molar refractivity (Wildman–Crippen MR) is 56.9 cm³/mol. The van der Waals surface area contributed by atoms with Crippen LogP contribution in [0, 0.1) is 0 Å². The van der Waals surface area contributed by atoms with Gasteiger partial charge in [-0.2, -0.15) is 0 Å². The summed E-state index contributed by atoms with van der Waals surface area (Å²) in [6.07, 6.45) is 1.01. The topological polar surface area (TPSA) is 49.6 Å². The Hall–Kier alpha value is -0.610. The van der Waals surface area contributed by atoms with Gasteiger partial charge in [-0.15, -0.1) is 0 Å². The second-order valence-corrected chi connectivity index (χ2v) is 4.02. The van der Waals surface area contributed by atoms with Gasteiger partial charge in [0.15, 0.2) is 0 Å².